The minimum absolute atomic E-state index is 0.0578. The van der Waals surface area contributed by atoms with Crippen molar-refractivity contribution < 1.29 is 19.1 Å². The van der Waals surface area contributed by atoms with Gasteiger partial charge in [0.15, 0.2) is 5.17 Å². The molecule has 3 rings (SSSR count). The lowest BCUT2D eigenvalue weighted by Crippen LogP contribution is -2.47. The van der Waals surface area contributed by atoms with E-state index in [0.717, 1.165) is 19.3 Å². The van der Waals surface area contributed by atoms with Crippen molar-refractivity contribution in [1.29, 1.82) is 0 Å². The number of unbranched alkanes of at least 4 members (excludes halogenated alkanes) is 1. The van der Waals surface area contributed by atoms with Crippen LogP contribution < -0.4 is 5.32 Å². The van der Waals surface area contributed by atoms with Gasteiger partial charge in [-0.3, -0.25) is 19.5 Å². The molecule has 0 radical (unpaired) electrons. The molecular weight excluding hydrogens is 366 g/mol. The van der Waals surface area contributed by atoms with E-state index in [1.165, 1.54) is 11.8 Å². The van der Waals surface area contributed by atoms with Crippen LogP contribution in [-0.4, -0.2) is 52.8 Å². The quantitative estimate of drug-likeness (QED) is 0.597. The molecule has 7 nitrogen and oxygen atoms in total. The zero-order valence-corrected chi connectivity index (χ0v) is 16.1. The maximum atomic E-state index is 12.5. The number of carbonyl (C=O) groups is 3. The number of ether oxygens (including phenoxy) is 1. The van der Waals surface area contributed by atoms with Gasteiger partial charge < -0.3 is 10.1 Å². The Labute approximate surface area is 162 Å². The van der Waals surface area contributed by atoms with Crippen molar-refractivity contribution in [2.24, 2.45) is 4.99 Å². The Morgan fingerprint density at radius 3 is 2.85 bits per heavy atom. The Morgan fingerprint density at radius 1 is 1.33 bits per heavy atom. The second-order valence-corrected chi connectivity index (χ2v) is 7.60. The molecule has 0 spiro atoms. The van der Waals surface area contributed by atoms with Crippen LogP contribution in [0.15, 0.2) is 29.3 Å². The van der Waals surface area contributed by atoms with E-state index in [4.69, 9.17) is 4.74 Å². The van der Waals surface area contributed by atoms with Crippen molar-refractivity contribution in [2.75, 3.05) is 25.0 Å². The van der Waals surface area contributed by atoms with Crippen molar-refractivity contribution in [1.82, 2.24) is 4.90 Å². The highest BCUT2D eigenvalue weighted by atomic mass is 32.2. The summed E-state index contributed by atoms with van der Waals surface area (Å²) in [4.78, 5) is 42.7. The fourth-order valence-corrected chi connectivity index (χ4v) is 3.94. The van der Waals surface area contributed by atoms with Gasteiger partial charge in [-0.1, -0.05) is 25.1 Å². The van der Waals surface area contributed by atoms with E-state index >= 15 is 0 Å². The molecule has 2 aliphatic rings. The first kappa shape index (κ1) is 19.4. The Kier molecular flexibility index (Phi) is 6.49. The molecule has 2 amide bonds. The fourth-order valence-electron chi connectivity index (χ4n) is 2.81. The number of anilines is 1. The van der Waals surface area contributed by atoms with Crippen LogP contribution in [0.3, 0.4) is 0 Å². The third-order valence-corrected chi connectivity index (χ3v) is 5.56. The highest BCUT2D eigenvalue weighted by molar-refractivity contribution is 8.15. The van der Waals surface area contributed by atoms with Gasteiger partial charge in [0, 0.05) is 25.2 Å². The van der Waals surface area contributed by atoms with Crippen LogP contribution in [0.2, 0.25) is 0 Å². The molecule has 2 aliphatic heterocycles. The summed E-state index contributed by atoms with van der Waals surface area (Å²) in [6.07, 6.45) is 2.82. The number of esters is 1. The molecule has 1 fully saturated rings. The number of nitrogens with zero attached hydrogens (tertiary/aromatic N) is 2. The van der Waals surface area contributed by atoms with Crippen LogP contribution in [0.25, 0.3) is 0 Å². The summed E-state index contributed by atoms with van der Waals surface area (Å²) in [5.41, 5.74) is 1.02. The van der Waals surface area contributed by atoms with E-state index in [9.17, 15) is 14.4 Å². The molecule has 1 N–H and O–H groups in total. The maximum Gasteiger partial charge on any atom is 0.338 e. The van der Waals surface area contributed by atoms with Crippen molar-refractivity contribution >= 4 is 40.4 Å². The lowest BCUT2D eigenvalue weighted by molar-refractivity contribution is -0.129. The number of carbonyl (C=O) groups excluding carboxylic acids is 3. The Balaban J connectivity index is 1.57. The molecule has 1 aromatic rings. The number of thioether (sulfide) groups is 1. The molecule has 144 valence electrons. The molecule has 27 heavy (non-hydrogen) atoms. The Hall–Kier alpha value is -2.35. The van der Waals surface area contributed by atoms with Gasteiger partial charge in [0.1, 0.15) is 5.25 Å². The second kappa shape index (κ2) is 9.03. The van der Waals surface area contributed by atoms with Crippen molar-refractivity contribution in [3.05, 3.63) is 29.8 Å². The first-order chi connectivity index (χ1) is 13.1. The molecule has 8 heteroatoms. The third kappa shape index (κ3) is 4.88. The molecule has 0 bridgehead atoms. The molecule has 0 saturated carbocycles. The Bertz CT molecular complexity index is 748. The number of aliphatic imine (C=N–C) groups is 1. The van der Waals surface area contributed by atoms with E-state index < -0.39 is 5.25 Å². The molecular formula is C19H23N3O4S. The highest BCUT2D eigenvalue weighted by Crippen LogP contribution is 2.29. The normalized spacial score (nSPS) is 19.1. The van der Waals surface area contributed by atoms with Crippen molar-refractivity contribution in [2.45, 2.75) is 37.9 Å². The zero-order chi connectivity index (χ0) is 19.2. The molecule has 1 aromatic carbocycles. The summed E-state index contributed by atoms with van der Waals surface area (Å²) >= 11 is 1.33. The summed E-state index contributed by atoms with van der Waals surface area (Å²) < 4.78 is 5.16. The standard InChI is InChI=1S/C19H23N3O4S/c1-2-3-11-26-18(25)13-5-7-14(8-6-13)21-17(24)15-12-16(23)22-10-4-9-20-19(22)27-15/h5-8,15H,2-4,9-12H2,1H3,(H,21,24)/t15-/m0/s1. The van der Waals surface area contributed by atoms with E-state index in [1.54, 1.807) is 29.2 Å². The zero-order valence-electron chi connectivity index (χ0n) is 15.3. The number of benzene rings is 1. The number of amidine groups is 1. The van der Waals surface area contributed by atoms with Gasteiger partial charge in [-0.05, 0) is 37.1 Å². The van der Waals surface area contributed by atoms with E-state index in [1.807, 2.05) is 6.92 Å². The number of hydrogen-bond donors (Lipinski definition) is 1. The lowest BCUT2D eigenvalue weighted by Gasteiger charge is -2.33. The second-order valence-electron chi connectivity index (χ2n) is 6.43. The first-order valence-electron chi connectivity index (χ1n) is 9.18. The maximum absolute atomic E-state index is 12.5. The minimum Gasteiger partial charge on any atom is -0.462 e. The monoisotopic (exact) mass is 389 g/mol. The predicted octanol–water partition coefficient (Wildman–Crippen LogP) is 2.68. The summed E-state index contributed by atoms with van der Waals surface area (Å²) in [6, 6.07) is 6.56. The van der Waals surface area contributed by atoms with E-state index in [-0.39, 0.29) is 24.2 Å². The molecule has 1 atom stereocenters. The van der Waals surface area contributed by atoms with Gasteiger partial charge in [-0.25, -0.2) is 4.79 Å². The smallest absolute Gasteiger partial charge is 0.338 e. The van der Waals surface area contributed by atoms with Gasteiger partial charge >= 0.3 is 5.97 Å². The molecule has 1 saturated heterocycles. The average molecular weight is 389 g/mol. The number of rotatable bonds is 6. The summed E-state index contributed by atoms with van der Waals surface area (Å²) in [6.45, 7) is 3.80. The third-order valence-electron chi connectivity index (χ3n) is 4.34. The van der Waals surface area contributed by atoms with E-state index in [0.29, 0.717) is 36.1 Å². The van der Waals surface area contributed by atoms with Crippen molar-refractivity contribution in [3.8, 4) is 0 Å². The molecule has 0 aromatic heterocycles. The van der Waals surface area contributed by atoms with Gasteiger partial charge in [0.05, 0.1) is 12.2 Å². The number of hydrogen-bond acceptors (Lipinski definition) is 6. The highest BCUT2D eigenvalue weighted by Gasteiger charge is 2.36. The van der Waals surface area contributed by atoms with Crippen LogP contribution in [0, 0.1) is 0 Å². The van der Waals surface area contributed by atoms with Crippen LogP contribution in [-0.2, 0) is 14.3 Å². The topological polar surface area (TPSA) is 88.1 Å². The molecule has 0 unspecified atom stereocenters. The van der Waals surface area contributed by atoms with Gasteiger partial charge in [-0.15, -0.1) is 0 Å². The largest absolute Gasteiger partial charge is 0.462 e. The Morgan fingerprint density at radius 2 is 2.11 bits per heavy atom. The van der Waals surface area contributed by atoms with Gasteiger partial charge in [0.2, 0.25) is 11.8 Å². The fraction of sp³-hybridized carbons (Fsp3) is 0.474. The number of nitrogens with one attached hydrogen (secondary N) is 1. The lowest BCUT2D eigenvalue weighted by atomic mass is 10.2. The average Bonchev–Trinajstić information content (AvgIpc) is 2.68. The van der Waals surface area contributed by atoms with Gasteiger partial charge in [-0.2, -0.15) is 0 Å². The first-order valence-corrected chi connectivity index (χ1v) is 10.1. The minimum atomic E-state index is -0.496. The van der Waals surface area contributed by atoms with Crippen LogP contribution >= 0.6 is 11.8 Å². The van der Waals surface area contributed by atoms with Crippen LogP contribution in [0.5, 0.6) is 0 Å². The van der Waals surface area contributed by atoms with Crippen molar-refractivity contribution in [3.63, 3.8) is 0 Å². The predicted molar refractivity (Wildman–Crippen MR) is 105 cm³/mol. The number of fused-ring (bicyclic) bond motifs is 1. The van der Waals surface area contributed by atoms with E-state index in [2.05, 4.69) is 10.3 Å². The summed E-state index contributed by atoms with van der Waals surface area (Å²) in [5.74, 6) is -0.665. The molecule has 0 aliphatic carbocycles. The number of amides is 2. The molecule has 2 heterocycles. The summed E-state index contributed by atoms with van der Waals surface area (Å²) in [7, 11) is 0. The summed E-state index contributed by atoms with van der Waals surface area (Å²) in [5, 5.41) is 2.95. The van der Waals surface area contributed by atoms with Crippen LogP contribution in [0.4, 0.5) is 5.69 Å². The van der Waals surface area contributed by atoms with Gasteiger partial charge in [0.25, 0.3) is 0 Å². The SMILES string of the molecule is CCCCOC(=O)c1ccc(NC(=O)[C@@H]2CC(=O)N3CCCN=C3S2)cc1. The van der Waals surface area contributed by atoms with Crippen LogP contribution in [0.1, 0.15) is 43.0 Å².